The van der Waals surface area contributed by atoms with E-state index in [0.29, 0.717) is 0 Å². The smallest absolute Gasteiger partial charge is 0.247 e. The van der Waals surface area contributed by atoms with Gasteiger partial charge in [-0.15, -0.1) is 0 Å². The van der Waals surface area contributed by atoms with Gasteiger partial charge in [-0.1, -0.05) is 12.1 Å². The van der Waals surface area contributed by atoms with Gasteiger partial charge in [0.05, 0.1) is 13.5 Å². The number of nitrogens with one attached hydrogen (secondary N) is 1. The molecule has 1 aromatic rings. The molecule has 0 bridgehead atoms. The summed E-state index contributed by atoms with van der Waals surface area (Å²) in [6.07, 6.45) is 0.156. The first kappa shape index (κ1) is 13.0. The molecule has 0 spiro atoms. The number of benzene rings is 1. The van der Waals surface area contributed by atoms with Crippen LogP contribution >= 0.6 is 0 Å². The zero-order chi connectivity index (χ0) is 12.7. The molecule has 0 radical (unpaired) electrons. The number of ether oxygens (including phenoxy) is 1. The van der Waals surface area contributed by atoms with Gasteiger partial charge in [0.25, 0.3) is 0 Å². The number of carbonyl (C=O) groups excluding carboxylic acids is 2. The number of amides is 2. The fourth-order valence-electron chi connectivity index (χ4n) is 1.15. The molecule has 0 aliphatic heterocycles. The van der Waals surface area contributed by atoms with Gasteiger partial charge in [-0.05, 0) is 17.7 Å². The summed E-state index contributed by atoms with van der Waals surface area (Å²) >= 11 is 0. The molecule has 0 aliphatic rings. The van der Waals surface area contributed by atoms with Crippen molar-refractivity contribution in [1.82, 2.24) is 5.48 Å². The lowest BCUT2D eigenvalue weighted by Gasteiger charge is -2.05. The number of hydroxylamine groups is 1. The summed E-state index contributed by atoms with van der Waals surface area (Å²) in [6, 6.07) is 7.05. The summed E-state index contributed by atoms with van der Waals surface area (Å²) in [4.78, 5) is 26.2. The number of rotatable bonds is 6. The van der Waals surface area contributed by atoms with Crippen LogP contribution in [0, 0.1) is 0 Å². The molecule has 0 atom stereocenters. The van der Waals surface area contributed by atoms with Crippen molar-refractivity contribution >= 4 is 11.8 Å². The Bertz CT molecular complexity index is 389. The molecule has 6 nitrogen and oxygen atoms in total. The molecular formula is C11H14N2O4. The van der Waals surface area contributed by atoms with Crippen molar-refractivity contribution in [2.45, 2.75) is 6.42 Å². The second kappa shape index (κ2) is 6.49. The van der Waals surface area contributed by atoms with Gasteiger partial charge in [0.1, 0.15) is 5.75 Å². The molecule has 3 N–H and O–H groups in total. The monoisotopic (exact) mass is 238 g/mol. The van der Waals surface area contributed by atoms with Crippen LogP contribution in [0.3, 0.4) is 0 Å². The van der Waals surface area contributed by atoms with Crippen LogP contribution in [0.1, 0.15) is 5.56 Å². The van der Waals surface area contributed by atoms with Gasteiger partial charge in [0.15, 0.2) is 6.61 Å². The first-order valence-corrected chi connectivity index (χ1v) is 4.93. The Hall–Kier alpha value is -2.08. The van der Waals surface area contributed by atoms with Crippen LogP contribution in [0.25, 0.3) is 0 Å². The highest BCUT2D eigenvalue weighted by molar-refractivity contribution is 5.78. The van der Waals surface area contributed by atoms with E-state index in [-0.39, 0.29) is 18.9 Å². The molecule has 0 fully saturated rings. The first-order chi connectivity index (χ1) is 8.11. The molecule has 0 unspecified atom stereocenters. The number of hydrogen-bond acceptors (Lipinski definition) is 4. The van der Waals surface area contributed by atoms with Crippen LogP contribution in [0.5, 0.6) is 5.75 Å². The maximum atomic E-state index is 11.3. The molecular weight excluding hydrogens is 224 g/mol. The quantitative estimate of drug-likeness (QED) is 0.670. The molecule has 17 heavy (non-hydrogen) atoms. The molecule has 0 aliphatic carbocycles. The van der Waals surface area contributed by atoms with Gasteiger partial charge < -0.3 is 10.5 Å². The van der Waals surface area contributed by atoms with Crippen molar-refractivity contribution in [3.05, 3.63) is 29.8 Å². The molecule has 1 aromatic carbocycles. The van der Waals surface area contributed by atoms with Gasteiger partial charge in [0.2, 0.25) is 11.8 Å². The summed E-state index contributed by atoms with van der Waals surface area (Å²) in [6.45, 7) is -0.339. The van der Waals surface area contributed by atoms with Crippen molar-refractivity contribution in [2.75, 3.05) is 13.7 Å². The first-order valence-electron chi connectivity index (χ1n) is 4.93. The Balaban J connectivity index is 2.37. The molecule has 0 heterocycles. The van der Waals surface area contributed by atoms with Crippen molar-refractivity contribution in [1.29, 1.82) is 0 Å². The Morgan fingerprint density at radius 2 is 1.94 bits per heavy atom. The van der Waals surface area contributed by atoms with Crippen LogP contribution in [-0.2, 0) is 20.8 Å². The maximum Gasteiger partial charge on any atom is 0.247 e. The average Bonchev–Trinajstić information content (AvgIpc) is 2.29. The highest BCUT2D eigenvalue weighted by Crippen LogP contribution is 2.11. The van der Waals surface area contributed by atoms with Crippen molar-refractivity contribution in [3.63, 3.8) is 0 Å². The molecule has 0 aromatic heterocycles. The molecule has 0 saturated heterocycles. The Labute approximate surface area is 98.7 Å². The normalized spacial score (nSPS) is 9.71. The number of hydrogen-bond donors (Lipinski definition) is 2. The van der Waals surface area contributed by atoms with E-state index in [1.54, 1.807) is 31.4 Å². The summed E-state index contributed by atoms with van der Waals surface area (Å²) in [5, 5.41) is 0. The fourth-order valence-corrected chi connectivity index (χ4v) is 1.15. The van der Waals surface area contributed by atoms with Crippen LogP contribution < -0.4 is 16.0 Å². The van der Waals surface area contributed by atoms with Gasteiger partial charge in [-0.2, -0.15) is 0 Å². The fraction of sp³-hybridized carbons (Fsp3) is 0.273. The van der Waals surface area contributed by atoms with E-state index in [2.05, 4.69) is 10.3 Å². The molecule has 92 valence electrons. The zero-order valence-corrected chi connectivity index (χ0v) is 9.43. The van der Waals surface area contributed by atoms with E-state index >= 15 is 0 Å². The van der Waals surface area contributed by atoms with Gasteiger partial charge in [-0.3, -0.25) is 14.4 Å². The molecule has 0 saturated carbocycles. The minimum atomic E-state index is -0.644. The second-order valence-electron chi connectivity index (χ2n) is 3.31. The average molecular weight is 238 g/mol. The second-order valence-corrected chi connectivity index (χ2v) is 3.31. The minimum Gasteiger partial charge on any atom is -0.497 e. The SMILES string of the molecule is COc1ccc(CC(=O)NOCC(N)=O)cc1. The highest BCUT2D eigenvalue weighted by Gasteiger charge is 2.04. The van der Waals surface area contributed by atoms with E-state index in [9.17, 15) is 9.59 Å². The third-order valence-electron chi connectivity index (χ3n) is 1.92. The summed E-state index contributed by atoms with van der Waals surface area (Å²) in [7, 11) is 1.57. The summed E-state index contributed by atoms with van der Waals surface area (Å²) in [5.74, 6) is -0.273. The molecule has 2 amide bonds. The molecule has 1 rings (SSSR count). The largest absolute Gasteiger partial charge is 0.497 e. The Morgan fingerprint density at radius 1 is 1.29 bits per heavy atom. The number of methoxy groups -OCH3 is 1. The van der Waals surface area contributed by atoms with Gasteiger partial charge in [0, 0.05) is 0 Å². The standard InChI is InChI=1S/C11H14N2O4/c1-16-9-4-2-8(3-5-9)6-11(15)13-17-7-10(12)14/h2-5H,6-7H2,1H3,(H2,12,14)(H,13,15). The van der Waals surface area contributed by atoms with Crippen LogP contribution in [0.15, 0.2) is 24.3 Å². The Kier molecular flexibility index (Phi) is 4.96. The van der Waals surface area contributed by atoms with Crippen molar-refractivity contribution < 1.29 is 19.2 Å². The van der Waals surface area contributed by atoms with E-state index in [4.69, 9.17) is 10.5 Å². The third-order valence-corrected chi connectivity index (χ3v) is 1.92. The van der Waals surface area contributed by atoms with Crippen LogP contribution in [0.2, 0.25) is 0 Å². The molecule has 6 heteroatoms. The van der Waals surface area contributed by atoms with E-state index < -0.39 is 5.91 Å². The van der Waals surface area contributed by atoms with E-state index in [1.807, 2.05) is 0 Å². The summed E-state index contributed by atoms with van der Waals surface area (Å²) in [5.41, 5.74) is 7.77. The number of primary amides is 1. The van der Waals surface area contributed by atoms with Crippen LogP contribution in [0.4, 0.5) is 0 Å². The van der Waals surface area contributed by atoms with Gasteiger partial charge in [-0.25, -0.2) is 5.48 Å². The number of carbonyl (C=O) groups is 2. The van der Waals surface area contributed by atoms with E-state index in [0.717, 1.165) is 11.3 Å². The predicted octanol–water partition coefficient (Wildman–Crippen LogP) is -0.229. The van der Waals surface area contributed by atoms with Crippen molar-refractivity contribution in [3.8, 4) is 5.75 Å². The highest BCUT2D eigenvalue weighted by atomic mass is 16.7. The Morgan fingerprint density at radius 3 is 2.47 bits per heavy atom. The minimum absolute atomic E-state index is 0.156. The summed E-state index contributed by atoms with van der Waals surface area (Å²) < 4.78 is 4.99. The van der Waals surface area contributed by atoms with Gasteiger partial charge >= 0.3 is 0 Å². The topological polar surface area (TPSA) is 90.7 Å². The predicted molar refractivity (Wildman–Crippen MR) is 60.0 cm³/mol. The maximum absolute atomic E-state index is 11.3. The zero-order valence-electron chi connectivity index (χ0n) is 9.43. The van der Waals surface area contributed by atoms with Crippen molar-refractivity contribution in [2.24, 2.45) is 5.73 Å². The number of nitrogens with two attached hydrogens (primary N) is 1. The lowest BCUT2D eigenvalue weighted by molar-refractivity contribution is -0.137. The lowest BCUT2D eigenvalue weighted by atomic mass is 10.1. The van der Waals surface area contributed by atoms with E-state index in [1.165, 1.54) is 0 Å². The van der Waals surface area contributed by atoms with Crippen LogP contribution in [-0.4, -0.2) is 25.5 Å². The lowest BCUT2D eigenvalue weighted by Crippen LogP contribution is -2.30. The third kappa shape index (κ3) is 4.98.